The van der Waals surface area contributed by atoms with E-state index in [1.54, 1.807) is 13.2 Å². The van der Waals surface area contributed by atoms with Crippen LogP contribution >= 0.6 is 23.2 Å². The van der Waals surface area contributed by atoms with Gasteiger partial charge in [0.2, 0.25) is 0 Å². The molecule has 21 heavy (non-hydrogen) atoms. The molecule has 0 amide bonds. The molecular formula is C17H14Cl2NO. The van der Waals surface area contributed by atoms with Crippen molar-refractivity contribution in [3.63, 3.8) is 0 Å². The molecule has 1 heterocycles. The number of ether oxygens (including phenoxy) is 1. The summed E-state index contributed by atoms with van der Waals surface area (Å²) in [5.74, 6) is 0.834. The van der Waals surface area contributed by atoms with Gasteiger partial charge in [0.05, 0.1) is 7.11 Å². The topological polar surface area (TPSA) is 14.2 Å². The summed E-state index contributed by atoms with van der Waals surface area (Å²) in [5.41, 5.74) is 3.20. The Labute approximate surface area is 133 Å². The highest BCUT2D eigenvalue weighted by Gasteiger charge is 2.10. The van der Waals surface area contributed by atoms with Crippen molar-refractivity contribution in [3.05, 3.63) is 63.8 Å². The van der Waals surface area contributed by atoms with E-state index in [1.165, 1.54) is 0 Å². The largest absolute Gasteiger partial charge is 0.497 e. The molecule has 0 aliphatic carbocycles. The van der Waals surface area contributed by atoms with Gasteiger partial charge >= 0.3 is 0 Å². The monoisotopic (exact) mass is 318 g/mol. The third-order valence-electron chi connectivity index (χ3n) is 3.56. The second kappa shape index (κ2) is 5.63. The molecule has 4 heteroatoms. The van der Waals surface area contributed by atoms with Crippen LogP contribution in [0.3, 0.4) is 0 Å². The second-order valence-corrected chi connectivity index (χ2v) is 5.76. The summed E-state index contributed by atoms with van der Waals surface area (Å²) < 4.78 is 7.44. The van der Waals surface area contributed by atoms with Crippen LogP contribution in [-0.4, -0.2) is 11.7 Å². The van der Waals surface area contributed by atoms with Gasteiger partial charge in [0.15, 0.2) is 0 Å². The molecule has 2 nitrogen and oxygen atoms in total. The van der Waals surface area contributed by atoms with Crippen molar-refractivity contribution < 1.29 is 4.74 Å². The van der Waals surface area contributed by atoms with Crippen molar-refractivity contribution in [2.75, 3.05) is 7.11 Å². The first kappa shape index (κ1) is 14.3. The number of fused-ring (bicyclic) bond motifs is 1. The average Bonchev–Trinajstić information content (AvgIpc) is 2.77. The molecule has 107 valence electrons. The Hall–Kier alpha value is -1.64. The minimum Gasteiger partial charge on any atom is -0.497 e. The van der Waals surface area contributed by atoms with E-state index in [-0.39, 0.29) is 0 Å². The lowest BCUT2D eigenvalue weighted by molar-refractivity contribution is 0.415. The van der Waals surface area contributed by atoms with Crippen molar-refractivity contribution in [1.29, 1.82) is 0 Å². The van der Waals surface area contributed by atoms with E-state index in [1.807, 2.05) is 37.3 Å². The third kappa shape index (κ3) is 2.74. The Morgan fingerprint density at radius 1 is 1.14 bits per heavy atom. The van der Waals surface area contributed by atoms with Crippen LogP contribution in [0.1, 0.15) is 11.3 Å². The van der Waals surface area contributed by atoms with Gasteiger partial charge in [-0.3, -0.25) is 0 Å². The fourth-order valence-electron chi connectivity index (χ4n) is 2.44. The number of nitrogens with zero attached hydrogens (tertiary/aromatic N) is 1. The van der Waals surface area contributed by atoms with Crippen molar-refractivity contribution in [2.45, 2.75) is 13.5 Å². The maximum atomic E-state index is 6.27. The zero-order valence-electron chi connectivity index (χ0n) is 11.8. The van der Waals surface area contributed by atoms with Gasteiger partial charge in [0, 0.05) is 39.3 Å². The first-order valence-corrected chi connectivity index (χ1v) is 7.34. The van der Waals surface area contributed by atoms with Crippen LogP contribution in [0.5, 0.6) is 5.75 Å². The normalized spacial score (nSPS) is 11.0. The molecule has 0 unspecified atom stereocenters. The van der Waals surface area contributed by atoms with Crippen molar-refractivity contribution in [1.82, 2.24) is 4.57 Å². The zero-order chi connectivity index (χ0) is 15.0. The molecule has 0 spiro atoms. The highest BCUT2D eigenvalue weighted by atomic mass is 35.5. The van der Waals surface area contributed by atoms with Crippen molar-refractivity contribution in [3.8, 4) is 5.75 Å². The molecule has 0 fully saturated rings. The summed E-state index contributed by atoms with van der Waals surface area (Å²) in [4.78, 5) is 0. The van der Waals surface area contributed by atoms with Crippen molar-refractivity contribution in [2.24, 2.45) is 0 Å². The average molecular weight is 319 g/mol. The van der Waals surface area contributed by atoms with Crippen molar-refractivity contribution >= 4 is 34.1 Å². The highest BCUT2D eigenvalue weighted by molar-refractivity contribution is 6.35. The van der Waals surface area contributed by atoms with Gasteiger partial charge in [-0.1, -0.05) is 29.3 Å². The number of methoxy groups -OCH3 is 1. The SMILES string of the molecule is COc1ccc2c([c]c(C)n2Cc2ccc(Cl)cc2Cl)c1. The number of benzene rings is 2. The Bertz CT molecular complexity index is 808. The van der Waals surface area contributed by atoms with Crippen LogP contribution < -0.4 is 4.74 Å². The molecule has 3 rings (SSSR count). The summed E-state index contributed by atoms with van der Waals surface area (Å²) in [7, 11) is 1.67. The molecule has 3 aromatic rings. The van der Waals surface area contributed by atoms with Crippen LogP contribution in [0, 0.1) is 13.0 Å². The lowest BCUT2D eigenvalue weighted by Gasteiger charge is -2.10. The van der Waals surface area contributed by atoms with E-state index >= 15 is 0 Å². The number of hydrogen-bond donors (Lipinski definition) is 0. The first-order valence-electron chi connectivity index (χ1n) is 6.58. The van der Waals surface area contributed by atoms with Gasteiger partial charge in [-0.05, 0) is 42.8 Å². The predicted molar refractivity (Wildman–Crippen MR) is 87.6 cm³/mol. The summed E-state index contributed by atoms with van der Waals surface area (Å²) >= 11 is 12.2. The standard InChI is InChI=1S/C17H14Cl2NO/c1-11-7-13-8-15(21-2)5-6-17(13)20(11)10-12-3-4-14(18)9-16(12)19/h3-6,8-9H,10H2,1-2H3. The summed E-state index contributed by atoms with van der Waals surface area (Å²) in [6, 6.07) is 14.9. The van der Waals surface area contributed by atoms with Crippen LogP contribution in [0.4, 0.5) is 0 Å². The quantitative estimate of drug-likeness (QED) is 0.654. The fraction of sp³-hybridized carbons (Fsp3) is 0.176. The van der Waals surface area contributed by atoms with Gasteiger partial charge in [-0.25, -0.2) is 0 Å². The molecule has 2 aromatic carbocycles. The van der Waals surface area contributed by atoms with E-state index in [4.69, 9.17) is 27.9 Å². The van der Waals surface area contributed by atoms with E-state index in [9.17, 15) is 0 Å². The van der Waals surface area contributed by atoms with Crippen LogP contribution in [-0.2, 0) is 6.54 Å². The van der Waals surface area contributed by atoms with E-state index in [2.05, 4.69) is 10.6 Å². The highest BCUT2D eigenvalue weighted by Crippen LogP contribution is 2.27. The predicted octanol–water partition coefficient (Wildman–Crippen LogP) is 5.11. The van der Waals surface area contributed by atoms with Crippen LogP contribution in [0.2, 0.25) is 10.0 Å². The third-order valence-corrected chi connectivity index (χ3v) is 4.15. The van der Waals surface area contributed by atoms with Gasteiger partial charge in [0.25, 0.3) is 0 Å². The molecule has 0 saturated carbocycles. The molecule has 0 aliphatic heterocycles. The Morgan fingerprint density at radius 3 is 2.67 bits per heavy atom. The maximum absolute atomic E-state index is 6.27. The van der Waals surface area contributed by atoms with Gasteiger partial charge in [-0.15, -0.1) is 0 Å². The second-order valence-electron chi connectivity index (χ2n) is 4.92. The number of aryl methyl sites for hydroxylation is 1. The fourth-order valence-corrected chi connectivity index (χ4v) is 2.91. The molecule has 0 atom stereocenters. The van der Waals surface area contributed by atoms with E-state index in [0.29, 0.717) is 16.6 Å². The van der Waals surface area contributed by atoms with E-state index in [0.717, 1.165) is 27.9 Å². The molecule has 1 radical (unpaired) electrons. The Kier molecular flexibility index (Phi) is 3.83. The van der Waals surface area contributed by atoms with Gasteiger partial charge in [-0.2, -0.15) is 0 Å². The van der Waals surface area contributed by atoms with Gasteiger partial charge in [0.1, 0.15) is 5.75 Å². The lowest BCUT2D eigenvalue weighted by atomic mass is 10.2. The molecule has 0 N–H and O–H groups in total. The first-order chi connectivity index (χ1) is 10.1. The molecule has 0 aliphatic rings. The smallest absolute Gasteiger partial charge is 0.119 e. The minimum absolute atomic E-state index is 0.647. The minimum atomic E-state index is 0.647. The molecule has 0 bridgehead atoms. The van der Waals surface area contributed by atoms with Crippen LogP contribution in [0.25, 0.3) is 10.9 Å². The number of aromatic nitrogens is 1. The number of halogens is 2. The molecular weight excluding hydrogens is 305 g/mol. The molecule has 0 saturated heterocycles. The lowest BCUT2D eigenvalue weighted by Crippen LogP contribution is -2.02. The number of hydrogen-bond acceptors (Lipinski definition) is 1. The number of rotatable bonds is 3. The molecule has 1 aromatic heterocycles. The summed E-state index contributed by atoms with van der Waals surface area (Å²) in [6.07, 6.45) is 0. The Morgan fingerprint density at radius 2 is 1.95 bits per heavy atom. The van der Waals surface area contributed by atoms with E-state index < -0.39 is 0 Å². The zero-order valence-corrected chi connectivity index (χ0v) is 13.3. The summed E-state index contributed by atoms with van der Waals surface area (Å²) in [5, 5.41) is 2.36. The van der Waals surface area contributed by atoms with Crippen LogP contribution in [0.15, 0.2) is 36.4 Å². The maximum Gasteiger partial charge on any atom is 0.119 e. The summed E-state index contributed by atoms with van der Waals surface area (Å²) in [6.45, 7) is 2.73. The Balaban J connectivity index is 2.06. The van der Waals surface area contributed by atoms with Gasteiger partial charge < -0.3 is 9.30 Å².